The van der Waals surface area contributed by atoms with E-state index in [-0.39, 0.29) is 6.04 Å². The first-order valence-corrected chi connectivity index (χ1v) is 5.39. The maximum Gasteiger partial charge on any atom is 0.243 e. The number of nitrogens with zero attached hydrogens (tertiary/aromatic N) is 2. The van der Waals surface area contributed by atoms with E-state index >= 15 is 0 Å². The van der Waals surface area contributed by atoms with Gasteiger partial charge in [0.15, 0.2) is 0 Å². The van der Waals surface area contributed by atoms with Gasteiger partial charge < -0.3 is 15.2 Å². The average molecular weight is 220 g/mol. The van der Waals surface area contributed by atoms with Crippen molar-refractivity contribution in [1.29, 1.82) is 0 Å². The molecule has 0 bridgehead atoms. The summed E-state index contributed by atoms with van der Waals surface area (Å²) in [5, 5.41) is 3.89. The van der Waals surface area contributed by atoms with E-state index in [2.05, 4.69) is 29.0 Å². The van der Waals surface area contributed by atoms with E-state index in [0.29, 0.717) is 17.6 Å². The number of rotatable bonds is 4. The Balaban J connectivity index is 2.13. The molecule has 0 aromatic carbocycles. The first-order chi connectivity index (χ1) is 7.66. The van der Waals surface area contributed by atoms with Crippen LogP contribution < -0.4 is 5.73 Å². The number of H-pyrrole nitrogens is 1. The van der Waals surface area contributed by atoms with Crippen molar-refractivity contribution in [3.63, 3.8) is 0 Å². The molecule has 0 amide bonds. The largest absolute Gasteiger partial charge is 0.359 e. The zero-order valence-electron chi connectivity index (χ0n) is 9.47. The van der Waals surface area contributed by atoms with Gasteiger partial charge in [-0.15, -0.1) is 0 Å². The highest BCUT2D eigenvalue weighted by molar-refractivity contribution is 5.47. The Kier molecular flexibility index (Phi) is 3.05. The van der Waals surface area contributed by atoms with Gasteiger partial charge >= 0.3 is 0 Å². The molecule has 86 valence electrons. The van der Waals surface area contributed by atoms with Crippen molar-refractivity contribution in [3.8, 4) is 11.5 Å². The molecule has 0 aliphatic carbocycles. The number of hydrogen-bond acceptors (Lipinski definition) is 4. The minimum atomic E-state index is -0.184. The van der Waals surface area contributed by atoms with Crippen LogP contribution in [0.25, 0.3) is 11.5 Å². The number of nitrogens with one attached hydrogen (secondary N) is 1. The summed E-state index contributed by atoms with van der Waals surface area (Å²) in [5.41, 5.74) is 6.80. The van der Waals surface area contributed by atoms with Gasteiger partial charge in [0.05, 0.1) is 11.7 Å². The Morgan fingerprint density at radius 1 is 1.50 bits per heavy atom. The third kappa shape index (κ3) is 2.30. The molecule has 1 unspecified atom stereocenters. The molecule has 16 heavy (non-hydrogen) atoms. The molecule has 2 aromatic rings. The highest BCUT2D eigenvalue weighted by Gasteiger charge is 2.16. The molecular weight excluding hydrogens is 204 g/mol. The number of aromatic nitrogens is 3. The van der Waals surface area contributed by atoms with E-state index in [1.807, 2.05) is 18.3 Å². The zero-order valence-corrected chi connectivity index (χ0v) is 9.47. The topological polar surface area (TPSA) is 80.7 Å². The summed E-state index contributed by atoms with van der Waals surface area (Å²) in [7, 11) is 0. The van der Waals surface area contributed by atoms with Crippen molar-refractivity contribution < 1.29 is 4.52 Å². The lowest BCUT2D eigenvalue weighted by atomic mass is 10.0. The van der Waals surface area contributed by atoms with Gasteiger partial charge in [0.2, 0.25) is 11.7 Å². The summed E-state index contributed by atoms with van der Waals surface area (Å²) in [4.78, 5) is 7.29. The Morgan fingerprint density at radius 3 is 2.94 bits per heavy atom. The predicted molar refractivity (Wildman–Crippen MR) is 60.5 cm³/mol. The highest BCUT2D eigenvalue weighted by Crippen LogP contribution is 2.20. The summed E-state index contributed by atoms with van der Waals surface area (Å²) in [6, 6.07) is 3.60. The van der Waals surface area contributed by atoms with E-state index in [1.165, 1.54) is 0 Å². The normalized spacial score (nSPS) is 13.2. The summed E-state index contributed by atoms with van der Waals surface area (Å²) < 4.78 is 5.14. The third-order valence-corrected chi connectivity index (χ3v) is 2.32. The lowest BCUT2D eigenvalue weighted by molar-refractivity contribution is 0.335. The summed E-state index contributed by atoms with van der Waals surface area (Å²) >= 11 is 0. The molecule has 0 saturated heterocycles. The van der Waals surface area contributed by atoms with Crippen LogP contribution in [0, 0.1) is 5.92 Å². The fourth-order valence-electron chi connectivity index (χ4n) is 1.57. The van der Waals surface area contributed by atoms with Crippen LogP contribution in [-0.2, 0) is 0 Å². The van der Waals surface area contributed by atoms with Crippen LogP contribution in [0.4, 0.5) is 0 Å². The van der Waals surface area contributed by atoms with E-state index in [1.54, 1.807) is 0 Å². The van der Waals surface area contributed by atoms with Gasteiger partial charge in [0, 0.05) is 6.20 Å². The fourth-order valence-corrected chi connectivity index (χ4v) is 1.57. The molecule has 0 radical (unpaired) electrons. The van der Waals surface area contributed by atoms with Crippen LogP contribution in [0.2, 0.25) is 0 Å². The van der Waals surface area contributed by atoms with Crippen LogP contribution in [-0.4, -0.2) is 15.1 Å². The van der Waals surface area contributed by atoms with Gasteiger partial charge in [-0.05, 0) is 24.5 Å². The molecule has 5 heteroatoms. The van der Waals surface area contributed by atoms with Crippen LogP contribution in [0.1, 0.15) is 32.2 Å². The Bertz CT molecular complexity index is 433. The van der Waals surface area contributed by atoms with Crippen molar-refractivity contribution in [3.05, 3.63) is 24.2 Å². The highest BCUT2D eigenvalue weighted by atomic mass is 16.5. The maximum absolute atomic E-state index is 5.96. The summed E-state index contributed by atoms with van der Waals surface area (Å²) in [5.74, 6) is 1.56. The van der Waals surface area contributed by atoms with Gasteiger partial charge in [-0.2, -0.15) is 4.98 Å². The standard InChI is InChI=1S/C11H16N4O/c1-7(2)6-8(12)11-14-10(15-16-11)9-4-3-5-13-9/h3-5,7-8,13H,6,12H2,1-2H3. The Morgan fingerprint density at radius 2 is 2.31 bits per heavy atom. The number of aromatic amines is 1. The van der Waals surface area contributed by atoms with Crippen molar-refractivity contribution in [2.24, 2.45) is 11.7 Å². The van der Waals surface area contributed by atoms with E-state index < -0.39 is 0 Å². The molecule has 0 aliphatic heterocycles. The first-order valence-electron chi connectivity index (χ1n) is 5.39. The number of hydrogen-bond donors (Lipinski definition) is 2. The molecular formula is C11H16N4O. The molecule has 0 fully saturated rings. The van der Waals surface area contributed by atoms with Crippen molar-refractivity contribution >= 4 is 0 Å². The average Bonchev–Trinajstić information content (AvgIpc) is 2.87. The quantitative estimate of drug-likeness (QED) is 0.826. The third-order valence-electron chi connectivity index (χ3n) is 2.32. The van der Waals surface area contributed by atoms with Crippen LogP contribution in [0.5, 0.6) is 0 Å². The first kappa shape index (κ1) is 10.9. The van der Waals surface area contributed by atoms with Crippen molar-refractivity contribution in [2.45, 2.75) is 26.3 Å². The van der Waals surface area contributed by atoms with E-state index in [9.17, 15) is 0 Å². The molecule has 0 spiro atoms. The molecule has 2 heterocycles. The predicted octanol–water partition coefficient (Wildman–Crippen LogP) is 2.11. The van der Waals surface area contributed by atoms with Gasteiger partial charge in [-0.3, -0.25) is 0 Å². The summed E-state index contributed by atoms with van der Waals surface area (Å²) in [6.07, 6.45) is 2.66. The van der Waals surface area contributed by atoms with Gasteiger partial charge in [0.25, 0.3) is 0 Å². The maximum atomic E-state index is 5.96. The second kappa shape index (κ2) is 4.49. The molecule has 1 atom stereocenters. The fraction of sp³-hybridized carbons (Fsp3) is 0.455. The summed E-state index contributed by atoms with van der Waals surface area (Å²) in [6.45, 7) is 4.23. The molecule has 5 nitrogen and oxygen atoms in total. The van der Waals surface area contributed by atoms with Crippen molar-refractivity contribution in [2.75, 3.05) is 0 Å². The lowest BCUT2D eigenvalue weighted by Crippen LogP contribution is -2.13. The monoisotopic (exact) mass is 220 g/mol. The second-order valence-corrected chi connectivity index (χ2v) is 4.28. The van der Waals surface area contributed by atoms with Gasteiger partial charge in [0.1, 0.15) is 0 Å². The van der Waals surface area contributed by atoms with E-state index in [4.69, 9.17) is 10.3 Å². The van der Waals surface area contributed by atoms with Crippen LogP contribution in [0.15, 0.2) is 22.9 Å². The zero-order chi connectivity index (χ0) is 11.5. The molecule has 2 rings (SSSR count). The smallest absolute Gasteiger partial charge is 0.243 e. The molecule has 2 aromatic heterocycles. The van der Waals surface area contributed by atoms with Crippen LogP contribution in [0.3, 0.4) is 0 Å². The second-order valence-electron chi connectivity index (χ2n) is 4.28. The minimum absolute atomic E-state index is 0.184. The lowest BCUT2D eigenvalue weighted by Gasteiger charge is -2.08. The molecule has 3 N–H and O–H groups in total. The molecule has 0 saturated carbocycles. The molecule has 0 aliphatic rings. The van der Waals surface area contributed by atoms with E-state index in [0.717, 1.165) is 12.1 Å². The van der Waals surface area contributed by atoms with Crippen molar-refractivity contribution in [1.82, 2.24) is 15.1 Å². The van der Waals surface area contributed by atoms with Gasteiger partial charge in [-0.1, -0.05) is 19.0 Å². The van der Waals surface area contributed by atoms with Gasteiger partial charge in [-0.25, -0.2) is 0 Å². The number of nitrogens with two attached hydrogens (primary N) is 1. The van der Waals surface area contributed by atoms with Crippen LogP contribution >= 0.6 is 0 Å². The Hall–Kier alpha value is -1.62. The Labute approximate surface area is 94.0 Å². The SMILES string of the molecule is CC(C)CC(N)c1nc(-c2ccc[nH]2)no1. The minimum Gasteiger partial charge on any atom is -0.359 e.